The van der Waals surface area contributed by atoms with Gasteiger partial charge in [-0.1, -0.05) is 36.0 Å². The maximum Gasteiger partial charge on any atom is 0.101 e. The minimum Gasteiger partial charge on any atom is -0.324 e. The molecule has 0 saturated carbocycles. The molecule has 0 amide bonds. The van der Waals surface area contributed by atoms with Crippen LogP contribution in [0.15, 0.2) is 58.6 Å². The van der Waals surface area contributed by atoms with Crippen LogP contribution in [0.2, 0.25) is 0 Å². The second-order valence-electron chi connectivity index (χ2n) is 3.60. The number of aromatic nitrogens is 1. The minimum atomic E-state index is 0.0485. The minimum absolute atomic E-state index is 0.0485. The Bertz CT molecular complexity index is 454. The number of nitrogens with zero attached hydrogens (tertiary/aromatic N) is 1. The fourth-order valence-electron chi connectivity index (χ4n) is 1.47. The normalized spacial score (nSPS) is 12.4. The molecule has 1 aromatic carbocycles. The Morgan fingerprint density at radius 1 is 1.12 bits per heavy atom. The van der Waals surface area contributed by atoms with Gasteiger partial charge in [-0.25, -0.2) is 4.98 Å². The topological polar surface area (TPSA) is 38.9 Å². The van der Waals surface area contributed by atoms with E-state index in [9.17, 15) is 0 Å². The lowest BCUT2D eigenvalue weighted by molar-refractivity contribution is 0.797. The van der Waals surface area contributed by atoms with E-state index in [2.05, 4.69) is 17.1 Å². The van der Waals surface area contributed by atoms with Crippen LogP contribution in [-0.4, -0.2) is 4.98 Å². The zero-order valence-corrected chi connectivity index (χ0v) is 9.95. The summed E-state index contributed by atoms with van der Waals surface area (Å²) in [6, 6.07) is 14.1. The summed E-state index contributed by atoms with van der Waals surface area (Å²) in [7, 11) is 0. The number of hydrogen-bond donors (Lipinski definition) is 1. The van der Waals surface area contributed by atoms with Crippen molar-refractivity contribution in [3.8, 4) is 0 Å². The van der Waals surface area contributed by atoms with E-state index < -0.39 is 0 Å². The predicted molar refractivity (Wildman–Crippen MR) is 67.4 cm³/mol. The zero-order valence-electron chi connectivity index (χ0n) is 9.13. The molecule has 1 atom stereocenters. The van der Waals surface area contributed by atoms with E-state index >= 15 is 0 Å². The predicted octanol–water partition coefficient (Wildman–Crippen LogP) is 3.25. The second kappa shape index (κ2) is 5.14. The van der Waals surface area contributed by atoms with Gasteiger partial charge in [0.05, 0.1) is 0 Å². The molecule has 0 bridgehead atoms. The molecule has 82 valence electrons. The third-order valence-corrected chi connectivity index (χ3v) is 3.30. The first-order valence-electron chi connectivity index (χ1n) is 5.21. The highest BCUT2D eigenvalue weighted by Crippen LogP contribution is 2.31. The van der Waals surface area contributed by atoms with Gasteiger partial charge in [-0.15, -0.1) is 0 Å². The van der Waals surface area contributed by atoms with Gasteiger partial charge in [-0.3, -0.25) is 0 Å². The molecule has 1 heterocycles. The zero-order chi connectivity index (χ0) is 11.4. The van der Waals surface area contributed by atoms with Gasteiger partial charge in [0.2, 0.25) is 0 Å². The summed E-state index contributed by atoms with van der Waals surface area (Å²) >= 11 is 1.65. The average molecular weight is 230 g/mol. The Kier molecular flexibility index (Phi) is 3.59. The number of benzene rings is 1. The van der Waals surface area contributed by atoms with Crippen LogP contribution in [0.1, 0.15) is 18.5 Å². The molecule has 2 aromatic rings. The highest BCUT2D eigenvalue weighted by atomic mass is 32.2. The van der Waals surface area contributed by atoms with Crippen LogP contribution in [0.25, 0.3) is 0 Å². The molecule has 0 aliphatic heterocycles. The van der Waals surface area contributed by atoms with Gasteiger partial charge in [-0.05, 0) is 30.7 Å². The Hall–Kier alpha value is -1.32. The fourth-order valence-corrected chi connectivity index (χ4v) is 2.47. The monoisotopic (exact) mass is 230 g/mol. The van der Waals surface area contributed by atoms with Gasteiger partial charge in [0.1, 0.15) is 5.03 Å². The smallest absolute Gasteiger partial charge is 0.101 e. The van der Waals surface area contributed by atoms with Gasteiger partial charge in [0.25, 0.3) is 0 Å². The molecule has 0 spiro atoms. The lowest BCUT2D eigenvalue weighted by atomic mass is 10.1. The molecular weight excluding hydrogens is 216 g/mol. The molecule has 3 heteroatoms. The van der Waals surface area contributed by atoms with Crippen molar-refractivity contribution >= 4 is 11.8 Å². The van der Waals surface area contributed by atoms with Gasteiger partial charge in [0, 0.05) is 17.1 Å². The number of rotatable bonds is 3. The molecular formula is C13H14N2S. The Labute approximate surface area is 99.9 Å². The maximum atomic E-state index is 5.93. The molecule has 2 N–H and O–H groups in total. The number of pyridine rings is 1. The van der Waals surface area contributed by atoms with Crippen molar-refractivity contribution in [3.05, 3.63) is 54.2 Å². The van der Waals surface area contributed by atoms with Crippen LogP contribution in [-0.2, 0) is 0 Å². The quantitative estimate of drug-likeness (QED) is 0.879. The van der Waals surface area contributed by atoms with Crippen molar-refractivity contribution in [1.82, 2.24) is 4.98 Å². The molecule has 0 radical (unpaired) electrons. The van der Waals surface area contributed by atoms with Crippen LogP contribution in [0, 0.1) is 0 Å². The first-order chi connectivity index (χ1) is 7.77. The van der Waals surface area contributed by atoms with E-state index in [1.54, 1.807) is 18.0 Å². The second-order valence-corrected chi connectivity index (χ2v) is 4.66. The van der Waals surface area contributed by atoms with E-state index in [1.807, 2.05) is 37.3 Å². The molecule has 0 aliphatic carbocycles. The summed E-state index contributed by atoms with van der Waals surface area (Å²) in [5.41, 5.74) is 7.10. The number of hydrogen-bond acceptors (Lipinski definition) is 3. The lowest BCUT2D eigenvalue weighted by Gasteiger charge is -2.11. The van der Waals surface area contributed by atoms with Crippen molar-refractivity contribution in [2.45, 2.75) is 22.9 Å². The van der Waals surface area contributed by atoms with Crippen LogP contribution in [0.4, 0.5) is 0 Å². The van der Waals surface area contributed by atoms with E-state index in [-0.39, 0.29) is 6.04 Å². The SMILES string of the molecule is CC(N)c1ccccc1Sc1ccccn1. The number of nitrogens with two attached hydrogens (primary N) is 1. The molecule has 0 saturated heterocycles. The van der Waals surface area contributed by atoms with Crippen LogP contribution in [0.5, 0.6) is 0 Å². The maximum absolute atomic E-state index is 5.93. The molecule has 16 heavy (non-hydrogen) atoms. The third kappa shape index (κ3) is 2.62. The fraction of sp³-hybridized carbons (Fsp3) is 0.154. The lowest BCUT2D eigenvalue weighted by Crippen LogP contribution is -2.06. The Morgan fingerprint density at radius 2 is 1.88 bits per heavy atom. The largest absolute Gasteiger partial charge is 0.324 e. The van der Waals surface area contributed by atoms with Crippen LogP contribution >= 0.6 is 11.8 Å². The van der Waals surface area contributed by atoms with Crippen LogP contribution < -0.4 is 5.73 Å². The molecule has 1 unspecified atom stereocenters. The van der Waals surface area contributed by atoms with Gasteiger partial charge in [-0.2, -0.15) is 0 Å². The van der Waals surface area contributed by atoms with Crippen molar-refractivity contribution in [2.24, 2.45) is 5.73 Å². The summed E-state index contributed by atoms with van der Waals surface area (Å²) in [6.07, 6.45) is 1.80. The van der Waals surface area contributed by atoms with E-state index in [0.717, 1.165) is 10.6 Å². The molecule has 2 nitrogen and oxygen atoms in total. The molecule has 0 fully saturated rings. The molecule has 2 rings (SSSR count). The van der Waals surface area contributed by atoms with Crippen molar-refractivity contribution in [2.75, 3.05) is 0 Å². The van der Waals surface area contributed by atoms with Gasteiger partial charge < -0.3 is 5.73 Å². The van der Waals surface area contributed by atoms with Crippen LogP contribution in [0.3, 0.4) is 0 Å². The first kappa shape index (κ1) is 11.2. The van der Waals surface area contributed by atoms with E-state index in [4.69, 9.17) is 5.73 Å². The van der Waals surface area contributed by atoms with E-state index in [0.29, 0.717) is 0 Å². The van der Waals surface area contributed by atoms with E-state index in [1.165, 1.54) is 4.90 Å². The average Bonchev–Trinajstić information content (AvgIpc) is 2.31. The first-order valence-corrected chi connectivity index (χ1v) is 6.02. The summed E-state index contributed by atoms with van der Waals surface area (Å²) in [6.45, 7) is 2.00. The highest BCUT2D eigenvalue weighted by molar-refractivity contribution is 7.99. The van der Waals surface area contributed by atoms with Crippen molar-refractivity contribution < 1.29 is 0 Å². The van der Waals surface area contributed by atoms with Gasteiger partial charge >= 0.3 is 0 Å². The molecule has 0 aliphatic rings. The third-order valence-electron chi connectivity index (χ3n) is 2.26. The van der Waals surface area contributed by atoms with Crippen molar-refractivity contribution in [1.29, 1.82) is 0 Å². The highest BCUT2D eigenvalue weighted by Gasteiger charge is 2.07. The Morgan fingerprint density at radius 3 is 2.56 bits per heavy atom. The molecule has 1 aromatic heterocycles. The summed E-state index contributed by atoms with van der Waals surface area (Å²) < 4.78 is 0. The standard InChI is InChI=1S/C13H14N2S/c1-10(14)11-6-2-3-7-12(11)16-13-8-4-5-9-15-13/h2-10H,14H2,1H3. The summed E-state index contributed by atoms with van der Waals surface area (Å²) in [5, 5.41) is 0.996. The summed E-state index contributed by atoms with van der Waals surface area (Å²) in [5.74, 6) is 0. The Balaban J connectivity index is 2.28. The van der Waals surface area contributed by atoms with Crippen molar-refractivity contribution in [3.63, 3.8) is 0 Å². The van der Waals surface area contributed by atoms with Gasteiger partial charge in [0.15, 0.2) is 0 Å². The summed E-state index contributed by atoms with van der Waals surface area (Å²) in [4.78, 5) is 5.47.